The lowest BCUT2D eigenvalue weighted by Gasteiger charge is -2.02. The molecule has 0 spiro atoms. The van der Waals surface area contributed by atoms with Gasteiger partial charge in [-0.2, -0.15) is 0 Å². The molecular formula is C19H18N2OS2. The van der Waals surface area contributed by atoms with Crippen LogP contribution in [-0.2, 0) is 17.0 Å². The average molecular weight is 355 g/mol. The molecule has 2 aromatic carbocycles. The minimum absolute atomic E-state index is 0.00723. The van der Waals surface area contributed by atoms with Gasteiger partial charge in [0, 0.05) is 12.2 Å². The van der Waals surface area contributed by atoms with Gasteiger partial charge in [-0.25, -0.2) is 4.98 Å². The number of thiazole rings is 1. The summed E-state index contributed by atoms with van der Waals surface area (Å²) in [5.41, 5.74) is 2.45. The number of anilines is 1. The lowest BCUT2D eigenvalue weighted by molar-refractivity contribution is -0.116. The highest BCUT2D eigenvalue weighted by Gasteiger charge is 2.07. The Bertz CT molecular complexity index is 772. The monoisotopic (exact) mass is 354 g/mol. The molecule has 0 atom stereocenters. The van der Waals surface area contributed by atoms with Crippen molar-refractivity contribution in [3.05, 3.63) is 78.0 Å². The van der Waals surface area contributed by atoms with Gasteiger partial charge in [0.2, 0.25) is 5.91 Å². The number of hydrogen-bond acceptors (Lipinski definition) is 4. The molecule has 1 heterocycles. The molecule has 1 aromatic heterocycles. The zero-order chi connectivity index (χ0) is 16.6. The van der Waals surface area contributed by atoms with Crippen molar-refractivity contribution in [1.82, 2.24) is 4.98 Å². The molecule has 5 heteroatoms. The summed E-state index contributed by atoms with van der Waals surface area (Å²) in [6.07, 6.45) is 3.04. The van der Waals surface area contributed by atoms with E-state index >= 15 is 0 Å². The smallest absolute Gasteiger partial charge is 0.226 e. The van der Waals surface area contributed by atoms with Crippen LogP contribution in [0.1, 0.15) is 17.5 Å². The molecule has 0 saturated heterocycles. The van der Waals surface area contributed by atoms with Gasteiger partial charge >= 0.3 is 0 Å². The van der Waals surface area contributed by atoms with Crippen molar-refractivity contribution in [2.45, 2.75) is 22.8 Å². The molecule has 24 heavy (non-hydrogen) atoms. The molecule has 0 unspecified atom stereocenters. The molecule has 0 radical (unpaired) electrons. The zero-order valence-electron chi connectivity index (χ0n) is 13.1. The van der Waals surface area contributed by atoms with Crippen LogP contribution < -0.4 is 5.32 Å². The van der Waals surface area contributed by atoms with Crippen LogP contribution in [0.3, 0.4) is 0 Å². The average Bonchev–Trinajstić information content (AvgIpc) is 3.07. The lowest BCUT2D eigenvalue weighted by atomic mass is 10.1. The second kappa shape index (κ2) is 8.66. The van der Waals surface area contributed by atoms with Crippen LogP contribution in [0.4, 0.5) is 5.13 Å². The number of carbonyl (C=O) groups is 1. The van der Waals surface area contributed by atoms with Gasteiger partial charge in [0.15, 0.2) is 5.13 Å². The summed E-state index contributed by atoms with van der Waals surface area (Å²) in [5.74, 6) is 0.914. The highest BCUT2D eigenvalue weighted by Crippen LogP contribution is 2.30. The Labute approximate surface area is 150 Å². The van der Waals surface area contributed by atoms with Gasteiger partial charge in [0.1, 0.15) is 0 Å². The van der Waals surface area contributed by atoms with E-state index in [0.717, 1.165) is 16.4 Å². The summed E-state index contributed by atoms with van der Waals surface area (Å²) in [6.45, 7) is 0. The fourth-order valence-electron chi connectivity index (χ4n) is 2.20. The van der Waals surface area contributed by atoms with Crippen LogP contribution in [0, 0.1) is 0 Å². The second-order valence-electron chi connectivity index (χ2n) is 5.29. The van der Waals surface area contributed by atoms with Crippen LogP contribution in [-0.4, -0.2) is 10.9 Å². The SMILES string of the molecule is O=C(CCc1ccccc1)Nc1ncc(SCc2ccccc2)s1. The number of thioether (sulfide) groups is 1. The first-order valence-electron chi connectivity index (χ1n) is 7.76. The minimum Gasteiger partial charge on any atom is -0.302 e. The molecule has 0 aliphatic heterocycles. The molecule has 1 N–H and O–H groups in total. The number of nitrogens with zero attached hydrogens (tertiary/aromatic N) is 1. The van der Waals surface area contributed by atoms with Gasteiger partial charge in [-0.3, -0.25) is 4.79 Å². The van der Waals surface area contributed by atoms with Crippen LogP contribution in [0.5, 0.6) is 0 Å². The molecule has 0 aliphatic carbocycles. The molecule has 0 fully saturated rings. The number of rotatable bonds is 7. The summed E-state index contributed by atoms with van der Waals surface area (Å²) in [4.78, 5) is 16.3. The van der Waals surface area contributed by atoms with Crippen molar-refractivity contribution in [2.75, 3.05) is 5.32 Å². The maximum atomic E-state index is 12.0. The van der Waals surface area contributed by atoms with Gasteiger partial charge in [0.25, 0.3) is 0 Å². The van der Waals surface area contributed by atoms with Crippen molar-refractivity contribution in [3.8, 4) is 0 Å². The first-order chi connectivity index (χ1) is 11.8. The quantitative estimate of drug-likeness (QED) is 0.607. The first kappa shape index (κ1) is 16.7. The third-order valence-corrected chi connectivity index (χ3v) is 5.62. The van der Waals surface area contributed by atoms with Crippen molar-refractivity contribution >= 4 is 34.1 Å². The third-order valence-electron chi connectivity index (χ3n) is 3.44. The van der Waals surface area contributed by atoms with E-state index < -0.39 is 0 Å². The molecule has 3 nitrogen and oxygen atoms in total. The molecule has 122 valence electrons. The Kier molecular flexibility index (Phi) is 6.04. The molecule has 0 aliphatic rings. The summed E-state index contributed by atoms with van der Waals surface area (Å²) in [7, 11) is 0. The molecule has 1 amide bonds. The van der Waals surface area contributed by atoms with Gasteiger partial charge in [0.05, 0.1) is 10.4 Å². The predicted octanol–water partition coefficient (Wildman–Crippen LogP) is 5.01. The minimum atomic E-state index is 0.00723. The van der Waals surface area contributed by atoms with E-state index in [0.29, 0.717) is 11.6 Å². The Morgan fingerprint density at radius 2 is 1.67 bits per heavy atom. The molecule has 0 bridgehead atoms. The van der Waals surface area contributed by atoms with E-state index in [9.17, 15) is 4.79 Å². The summed E-state index contributed by atoms with van der Waals surface area (Å²) >= 11 is 3.26. The normalized spacial score (nSPS) is 10.5. The molecule has 0 saturated carbocycles. The molecule has 3 rings (SSSR count). The molecular weight excluding hydrogens is 336 g/mol. The van der Waals surface area contributed by atoms with Gasteiger partial charge < -0.3 is 5.32 Å². The fraction of sp³-hybridized carbons (Fsp3) is 0.158. The van der Waals surface area contributed by atoms with Crippen molar-refractivity contribution in [1.29, 1.82) is 0 Å². The van der Waals surface area contributed by atoms with E-state index in [1.54, 1.807) is 11.8 Å². The van der Waals surface area contributed by atoms with E-state index in [4.69, 9.17) is 0 Å². The topological polar surface area (TPSA) is 42.0 Å². The van der Waals surface area contributed by atoms with Crippen molar-refractivity contribution < 1.29 is 4.79 Å². The Balaban J connectivity index is 1.46. The van der Waals surface area contributed by atoms with Gasteiger partial charge in [-0.1, -0.05) is 72.0 Å². The van der Waals surface area contributed by atoms with Gasteiger partial charge in [-0.05, 0) is 17.5 Å². The number of carbonyl (C=O) groups excluding carboxylic acids is 1. The Hall–Kier alpha value is -2.11. The van der Waals surface area contributed by atoms with E-state index in [1.165, 1.54) is 22.5 Å². The van der Waals surface area contributed by atoms with Gasteiger partial charge in [-0.15, -0.1) is 11.8 Å². The highest BCUT2D eigenvalue weighted by molar-refractivity contribution is 8.00. The van der Waals surface area contributed by atoms with Crippen LogP contribution in [0.25, 0.3) is 0 Å². The van der Waals surface area contributed by atoms with Crippen LogP contribution in [0.15, 0.2) is 71.1 Å². The number of aryl methyl sites for hydroxylation is 1. The second-order valence-corrected chi connectivity index (χ2v) is 7.60. The fourth-order valence-corrected chi connectivity index (χ4v) is 4.04. The van der Waals surface area contributed by atoms with Crippen LogP contribution >= 0.6 is 23.1 Å². The van der Waals surface area contributed by atoms with Crippen molar-refractivity contribution in [2.24, 2.45) is 0 Å². The number of nitrogens with one attached hydrogen (secondary N) is 1. The number of benzene rings is 2. The van der Waals surface area contributed by atoms with Crippen molar-refractivity contribution in [3.63, 3.8) is 0 Å². The van der Waals surface area contributed by atoms with E-state index in [1.807, 2.05) is 54.7 Å². The maximum absolute atomic E-state index is 12.0. The largest absolute Gasteiger partial charge is 0.302 e. The van der Waals surface area contributed by atoms with E-state index in [2.05, 4.69) is 22.4 Å². The number of amides is 1. The maximum Gasteiger partial charge on any atom is 0.226 e. The lowest BCUT2D eigenvalue weighted by Crippen LogP contribution is -2.11. The summed E-state index contributed by atoms with van der Waals surface area (Å²) < 4.78 is 1.11. The zero-order valence-corrected chi connectivity index (χ0v) is 14.8. The number of hydrogen-bond donors (Lipinski definition) is 1. The molecule has 3 aromatic rings. The Morgan fingerprint density at radius 1 is 1.00 bits per heavy atom. The highest BCUT2D eigenvalue weighted by atomic mass is 32.2. The summed E-state index contributed by atoms with van der Waals surface area (Å²) in [6, 6.07) is 20.4. The summed E-state index contributed by atoms with van der Waals surface area (Å²) in [5, 5.41) is 3.56. The number of aromatic nitrogens is 1. The third kappa shape index (κ3) is 5.22. The predicted molar refractivity (Wildman–Crippen MR) is 102 cm³/mol. The Morgan fingerprint density at radius 3 is 2.38 bits per heavy atom. The standard InChI is InChI=1S/C19H18N2OS2/c22-17(12-11-15-7-3-1-4-8-15)21-19-20-13-18(24-19)23-14-16-9-5-2-6-10-16/h1-10,13H,11-12,14H2,(H,20,21,22). The van der Waals surface area contributed by atoms with E-state index in [-0.39, 0.29) is 5.91 Å². The first-order valence-corrected chi connectivity index (χ1v) is 9.56. The van der Waals surface area contributed by atoms with Crippen LogP contribution in [0.2, 0.25) is 0 Å².